The van der Waals surface area contributed by atoms with Gasteiger partial charge in [0.1, 0.15) is 0 Å². The second-order valence-corrected chi connectivity index (χ2v) is 4.25. The van der Waals surface area contributed by atoms with E-state index < -0.39 is 12.2 Å². The molecule has 1 heterocycles. The van der Waals surface area contributed by atoms with E-state index in [4.69, 9.17) is 4.74 Å². The summed E-state index contributed by atoms with van der Waals surface area (Å²) < 4.78 is 33.3. The molecule has 0 spiro atoms. The Kier molecular flexibility index (Phi) is 3.04. The molecule has 0 radical (unpaired) electrons. The van der Waals surface area contributed by atoms with Crippen LogP contribution in [0.15, 0.2) is 28.7 Å². The average Bonchev–Trinajstić information content (AvgIpc) is 2.71. The van der Waals surface area contributed by atoms with Crippen molar-refractivity contribution in [3.05, 3.63) is 34.3 Å². The fourth-order valence-electron chi connectivity index (χ4n) is 1.48. The molecule has 1 atom stereocenters. The van der Waals surface area contributed by atoms with Gasteiger partial charge in [-0.15, -0.1) is 0 Å². The lowest BCUT2D eigenvalue weighted by atomic mass is 10.1. The minimum Gasteiger partial charge on any atom is -0.355 e. The third kappa shape index (κ3) is 2.19. The monoisotopic (exact) mass is 277 g/mol. The smallest absolute Gasteiger partial charge is 0.311 e. The third-order valence-corrected chi connectivity index (χ3v) is 2.80. The van der Waals surface area contributed by atoms with E-state index in [1.807, 2.05) is 0 Å². The topological polar surface area (TPSA) is 21.3 Å². The van der Waals surface area contributed by atoms with Gasteiger partial charge < -0.3 is 4.74 Å². The Morgan fingerprint density at radius 1 is 1.33 bits per heavy atom. The summed E-state index contributed by atoms with van der Waals surface area (Å²) in [6.45, 7) is 0.799. The second kappa shape index (κ2) is 4.15. The number of benzene rings is 1. The Hall–Kier alpha value is -0.520. The molecule has 2 nitrogen and oxygen atoms in total. The molecule has 1 aliphatic heterocycles. The number of hydrogen-bond acceptors (Lipinski definition) is 2. The maximum absolute atomic E-state index is 13.8. The first kappa shape index (κ1) is 11.0. The number of hydrogen-bond donors (Lipinski definition) is 1. The molecule has 0 bridgehead atoms. The molecule has 0 aromatic heterocycles. The minimum absolute atomic E-state index is 0.0369. The average molecular weight is 278 g/mol. The molecule has 1 N–H and O–H groups in total. The van der Waals surface area contributed by atoms with Crippen molar-refractivity contribution in [2.75, 3.05) is 13.2 Å². The molecule has 1 aromatic rings. The van der Waals surface area contributed by atoms with Crippen LogP contribution in [0.3, 0.4) is 0 Å². The Morgan fingerprint density at radius 2 is 2.00 bits per heavy atom. The number of alkyl halides is 2. The van der Waals surface area contributed by atoms with Crippen molar-refractivity contribution < 1.29 is 13.5 Å². The summed E-state index contributed by atoms with van der Waals surface area (Å²) in [5.74, 6) is -2.99. The van der Waals surface area contributed by atoms with E-state index in [0.717, 1.165) is 4.47 Å². The van der Waals surface area contributed by atoms with E-state index in [1.54, 1.807) is 12.1 Å². The van der Waals surface area contributed by atoms with E-state index in [0.29, 0.717) is 13.2 Å². The molecule has 1 saturated heterocycles. The summed E-state index contributed by atoms with van der Waals surface area (Å²) in [6, 6.07) is 5.98. The Balaban J connectivity index is 2.23. The van der Waals surface area contributed by atoms with Crippen molar-refractivity contribution in [2.45, 2.75) is 12.2 Å². The van der Waals surface area contributed by atoms with Gasteiger partial charge in [-0.05, 0) is 12.1 Å². The van der Waals surface area contributed by atoms with Crippen molar-refractivity contribution in [2.24, 2.45) is 0 Å². The molecule has 1 aromatic carbocycles. The van der Waals surface area contributed by atoms with E-state index in [1.165, 1.54) is 12.1 Å². The maximum Gasteiger partial charge on any atom is 0.311 e. The molecular formula is C10H10BrF2NO. The molecule has 1 unspecified atom stereocenters. The number of ether oxygens (including phenoxy) is 1. The summed E-state index contributed by atoms with van der Waals surface area (Å²) in [4.78, 5) is 0. The van der Waals surface area contributed by atoms with Crippen molar-refractivity contribution in [3.63, 3.8) is 0 Å². The van der Waals surface area contributed by atoms with Crippen molar-refractivity contribution in [1.29, 1.82) is 0 Å². The largest absolute Gasteiger partial charge is 0.355 e. The fraction of sp³-hybridized carbons (Fsp3) is 0.400. The van der Waals surface area contributed by atoms with Crippen LogP contribution in [0.2, 0.25) is 0 Å². The van der Waals surface area contributed by atoms with Gasteiger partial charge >= 0.3 is 5.92 Å². The predicted molar refractivity (Wildman–Crippen MR) is 55.8 cm³/mol. The molecule has 0 saturated carbocycles. The zero-order valence-corrected chi connectivity index (χ0v) is 9.43. The Morgan fingerprint density at radius 3 is 2.53 bits per heavy atom. The zero-order valence-electron chi connectivity index (χ0n) is 7.84. The van der Waals surface area contributed by atoms with Crippen molar-refractivity contribution >= 4 is 15.9 Å². The third-order valence-electron chi connectivity index (χ3n) is 2.27. The van der Waals surface area contributed by atoms with Crippen molar-refractivity contribution in [3.8, 4) is 0 Å². The molecule has 5 heteroatoms. The molecule has 1 aliphatic rings. The Labute approximate surface area is 94.7 Å². The lowest BCUT2D eigenvalue weighted by molar-refractivity contribution is -0.130. The van der Waals surface area contributed by atoms with Crippen LogP contribution in [0.4, 0.5) is 8.78 Å². The predicted octanol–water partition coefficient (Wildman–Crippen LogP) is 2.49. The lowest BCUT2D eigenvalue weighted by Gasteiger charge is -2.22. The lowest BCUT2D eigenvalue weighted by Crippen LogP contribution is -2.39. The molecule has 82 valence electrons. The highest BCUT2D eigenvalue weighted by atomic mass is 79.9. The summed E-state index contributed by atoms with van der Waals surface area (Å²) in [6.07, 6.45) is -1.21. The van der Waals surface area contributed by atoms with Crippen LogP contribution in [0, 0.1) is 0 Å². The van der Waals surface area contributed by atoms with Crippen LogP contribution in [0.5, 0.6) is 0 Å². The molecule has 0 aliphatic carbocycles. The summed E-state index contributed by atoms with van der Waals surface area (Å²) in [5, 5.41) is 2.63. The Bertz CT molecular complexity index is 336. The summed E-state index contributed by atoms with van der Waals surface area (Å²) in [5.41, 5.74) is -0.0369. The molecule has 15 heavy (non-hydrogen) atoms. The van der Waals surface area contributed by atoms with Crippen molar-refractivity contribution in [1.82, 2.24) is 5.32 Å². The maximum atomic E-state index is 13.8. The molecular weight excluding hydrogens is 268 g/mol. The van der Waals surface area contributed by atoms with Crippen LogP contribution in [0.1, 0.15) is 5.56 Å². The molecule has 2 rings (SSSR count). The first-order valence-corrected chi connectivity index (χ1v) is 5.39. The SMILES string of the molecule is FC(F)(c1ccc(Br)cc1)C1NCCO1. The van der Waals surface area contributed by atoms with Crippen LogP contribution in [0.25, 0.3) is 0 Å². The highest BCUT2D eigenvalue weighted by molar-refractivity contribution is 9.10. The first-order chi connectivity index (χ1) is 7.10. The normalized spacial score (nSPS) is 21.9. The van der Waals surface area contributed by atoms with Gasteiger partial charge in [-0.3, -0.25) is 5.32 Å². The van der Waals surface area contributed by atoms with Gasteiger partial charge in [-0.2, -0.15) is 8.78 Å². The highest BCUT2D eigenvalue weighted by Gasteiger charge is 2.43. The summed E-state index contributed by atoms with van der Waals surface area (Å²) in [7, 11) is 0. The van der Waals surface area contributed by atoms with E-state index in [-0.39, 0.29) is 5.56 Å². The van der Waals surface area contributed by atoms with Gasteiger partial charge in [0.2, 0.25) is 0 Å². The van der Waals surface area contributed by atoms with Gasteiger partial charge in [0, 0.05) is 16.6 Å². The van der Waals surface area contributed by atoms with Gasteiger partial charge in [-0.1, -0.05) is 28.1 Å². The second-order valence-electron chi connectivity index (χ2n) is 3.33. The molecule has 1 fully saturated rings. The molecule has 0 amide bonds. The quantitative estimate of drug-likeness (QED) is 0.897. The number of halogens is 3. The minimum atomic E-state index is -2.99. The van der Waals surface area contributed by atoms with Gasteiger partial charge in [0.15, 0.2) is 6.23 Å². The standard InChI is InChI=1S/C10H10BrF2NO/c11-8-3-1-7(2-4-8)10(12,13)9-14-5-6-15-9/h1-4,9,14H,5-6H2. The van der Waals surface area contributed by atoms with Crippen LogP contribution < -0.4 is 5.32 Å². The zero-order chi connectivity index (χ0) is 10.9. The van der Waals surface area contributed by atoms with Crippen LogP contribution in [-0.2, 0) is 10.7 Å². The van der Waals surface area contributed by atoms with Crippen LogP contribution >= 0.6 is 15.9 Å². The van der Waals surface area contributed by atoms with Gasteiger partial charge in [0.05, 0.1) is 6.61 Å². The van der Waals surface area contributed by atoms with Crippen LogP contribution in [-0.4, -0.2) is 19.4 Å². The first-order valence-electron chi connectivity index (χ1n) is 4.59. The van der Waals surface area contributed by atoms with E-state index >= 15 is 0 Å². The van der Waals surface area contributed by atoms with E-state index in [9.17, 15) is 8.78 Å². The van der Waals surface area contributed by atoms with E-state index in [2.05, 4.69) is 21.2 Å². The number of nitrogens with one attached hydrogen (secondary N) is 1. The highest BCUT2D eigenvalue weighted by Crippen LogP contribution is 2.34. The summed E-state index contributed by atoms with van der Waals surface area (Å²) >= 11 is 3.20. The van der Waals surface area contributed by atoms with Gasteiger partial charge in [-0.25, -0.2) is 0 Å². The van der Waals surface area contributed by atoms with Gasteiger partial charge in [0.25, 0.3) is 0 Å². The fourth-order valence-corrected chi connectivity index (χ4v) is 1.75. The number of rotatable bonds is 2.